The lowest BCUT2D eigenvalue weighted by atomic mass is 9.79. The van der Waals surface area contributed by atoms with Gasteiger partial charge in [-0.05, 0) is 19.3 Å². The molecule has 4 rings (SSSR count). The summed E-state index contributed by atoms with van der Waals surface area (Å²) in [5.41, 5.74) is 0.379. The van der Waals surface area contributed by atoms with Crippen LogP contribution in [0.15, 0.2) is 60.7 Å². The molecule has 0 aromatic heterocycles. The molecule has 0 spiro atoms. The highest BCUT2D eigenvalue weighted by atomic mass is 16.6. The quantitative estimate of drug-likeness (QED) is 0.634. The molecule has 2 saturated heterocycles. The van der Waals surface area contributed by atoms with Crippen LogP contribution in [0.3, 0.4) is 0 Å². The zero-order valence-electron chi connectivity index (χ0n) is 19.4. The van der Waals surface area contributed by atoms with E-state index in [0.717, 1.165) is 69.5 Å². The molecule has 172 valence electrons. The van der Waals surface area contributed by atoms with Gasteiger partial charge in [0.1, 0.15) is 6.10 Å². The van der Waals surface area contributed by atoms with Gasteiger partial charge in [0, 0.05) is 50.3 Å². The van der Waals surface area contributed by atoms with Gasteiger partial charge in [0.2, 0.25) is 0 Å². The second-order valence-electron chi connectivity index (χ2n) is 9.24. The van der Waals surface area contributed by atoms with Gasteiger partial charge in [0.05, 0.1) is 5.41 Å². The zero-order chi connectivity index (χ0) is 22.6. The highest BCUT2D eigenvalue weighted by Crippen LogP contribution is 2.41. The van der Waals surface area contributed by atoms with E-state index >= 15 is 0 Å². The molecule has 0 radical (unpaired) electrons. The van der Waals surface area contributed by atoms with Crippen molar-refractivity contribution in [2.45, 2.75) is 51.4 Å². The van der Waals surface area contributed by atoms with E-state index < -0.39 is 5.72 Å². The van der Waals surface area contributed by atoms with Crippen molar-refractivity contribution in [2.75, 3.05) is 32.7 Å². The van der Waals surface area contributed by atoms with Crippen molar-refractivity contribution in [3.05, 3.63) is 71.8 Å². The van der Waals surface area contributed by atoms with Crippen LogP contribution in [0.4, 0.5) is 0 Å². The lowest BCUT2D eigenvalue weighted by molar-refractivity contribution is -0.149. The standard InChI is InChI=1S/C27H36N2O3/c1-3-26(4-2)21-24(32-25(26)30)15-16-28-17-19-29(20-18-28)27(31,22-11-7-5-8-12-22)23-13-9-6-10-14-23/h5-14,24,31H,3-4,15-21H2,1-2H3. The molecule has 2 heterocycles. The predicted octanol–water partition coefficient (Wildman–Crippen LogP) is 4.01. The van der Waals surface area contributed by atoms with E-state index in [2.05, 4.69) is 23.6 Å². The van der Waals surface area contributed by atoms with E-state index in [-0.39, 0.29) is 17.5 Å². The number of carbonyl (C=O) groups excluding carboxylic acids is 1. The van der Waals surface area contributed by atoms with Crippen LogP contribution in [0.2, 0.25) is 0 Å². The Morgan fingerprint density at radius 1 is 0.938 bits per heavy atom. The first kappa shape index (κ1) is 23.0. The minimum atomic E-state index is -1.14. The van der Waals surface area contributed by atoms with Gasteiger partial charge < -0.3 is 14.7 Å². The zero-order valence-corrected chi connectivity index (χ0v) is 19.4. The lowest BCUT2D eigenvalue weighted by Gasteiger charge is -2.45. The van der Waals surface area contributed by atoms with Gasteiger partial charge in [-0.2, -0.15) is 0 Å². The molecule has 0 bridgehead atoms. The first-order chi connectivity index (χ1) is 15.5. The van der Waals surface area contributed by atoms with Crippen molar-refractivity contribution in [1.29, 1.82) is 0 Å². The van der Waals surface area contributed by atoms with Crippen molar-refractivity contribution >= 4 is 5.97 Å². The minimum Gasteiger partial charge on any atom is -0.462 e. The van der Waals surface area contributed by atoms with Crippen molar-refractivity contribution in [2.24, 2.45) is 5.41 Å². The molecule has 0 saturated carbocycles. The van der Waals surface area contributed by atoms with E-state index in [1.165, 1.54) is 0 Å². The number of cyclic esters (lactones) is 1. The molecule has 1 atom stereocenters. The number of benzene rings is 2. The fraction of sp³-hybridized carbons (Fsp3) is 0.519. The summed E-state index contributed by atoms with van der Waals surface area (Å²) in [4.78, 5) is 17.0. The van der Waals surface area contributed by atoms with Gasteiger partial charge in [-0.25, -0.2) is 0 Å². The largest absolute Gasteiger partial charge is 0.462 e. The minimum absolute atomic E-state index is 0.00638. The second kappa shape index (κ2) is 9.74. The molecule has 0 amide bonds. The van der Waals surface area contributed by atoms with Gasteiger partial charge in [0.25, 0.3) is 0 Å². The molecular formula is C27H36N2O3. The van der Waals surface area contributed by atoms with Crippen molar-refractivity contribution in [3.63, 3.8) is 0 Å². The lowest BCUT2D eigenvalue weighted by Crippen LogP contribution is -2.56. The van der Waals surface area contributed by atoms with Crippen LogP contribution in [0.25, 0.3) is 0 Å². The average molecular weight is 437 g/mol. The SMILES string of the molecule is CCC1(CC)CC(CCN2CCN(C(O)(c3ccccc3)c3ccccc3)CC2)OC1=O. The summed E-state index contributed by atoms with van der Waals surface area (Å²) in [5, 5.41) is 12.0. The molecule has 32 heavy (non-hydrogen) atoms. The van der Waals surface area contributed by atoms with Gasteiger partial charge in [-0.3, -0.25) is 9.69 Å². The van der Waals surface area contributed by atoms with Crippen molar-refractivity contribution < 1.29 is 14.6 Å². The molecular weight excluding hydrogens is 400 g/mol. The van der Waals surface area contributed by atoms with Gasteiger partial charge in [-0.1, -0.05) is 74.5 Å². The van der Waals surface area contributed by atoms with E-state index in [9.17, 15) is 9.90 Å². The summed E-state index contributed by atoms with van der Waals surface area (Å²) in [7, 11) is 0. The Hall–Kier alpha value is -2.21. The number of rotatable bonds is 8. The first-order valence-electron chi connectivity index (χ1n) is 12.0. The molecule has 1 unspecified atom stereocenters. The smallest absolute Gasteiger partial charge is 0.312 e. The first-order valence-corrected chi connectivity index (χ1v) is 12.0. The molecule has 2 aromatic carbocycles. The summed E-state index contributed by atoms with van der Waals surface area (Å²) in [6, 6.07) is 19.9. The fourth-order valence-electron chi connectivity index (χ4n) is 5.32. The Morgan fingerprint density at radius 2 is 1.47 bits per heavy atom. The molecule has 0 aliphatic carbocycles. The van der Waals surface area contributed by atoms with E-state index in [1.807, 2.05) is 60.7 Å². The number of piperazine rings is 1. The van der Waals surface area contributed by atoms with E-state index in [1.54, 1.807) is 0 Å². The molecule has 2 aliphatic rings. The number of hydrogen-bond acceptors (Lipinski definition) is 5. The fourth-order valence-corrected chi connectivity index (χ4v) is 5.32. The highest BCUT2D eigenvalue weighted by Gasteiger charge is 2.46. The molecule has 2 aliphatic heterocycles. The summed E-state index contributed by atoms with van der Waals surface area (Å²) in [6.07, 6.45) is 3.48. The number of nitrogens with zero attached hydrogens (tertiary/aromatic N) is 2. The van der Waals surface area contributed by atoms with Crippen LogP contribution in [-0.4, -0.2) is 59.7 Å². The molecule has 1 N–H and O–H groups in total. The third-order valence-corrected chi connectivity index (χ3v) is 7.63. The van der Waals surface area contributed by atoms with Crippen molar-refractivity contribution in [3.8, 4) is 0 Å². The number of hydrogen-bond donors (Lipinski definition) is 1. The van der Waals surface area contributed by atoms with Crippen LogP contribution in [0, 0.1) is 5.41 Å². The van der Waals surface area contributed by atoms with Crippen LogP contribution < -0.4 is 0 Å². The predicted molar refractivity (Wildman–Crippen MR) is 126 cm³/mol. The average Bonchev–Trinajstić information content (AvgIpc) is 3.19. The third kappa shape index (κ3) is 4.34. The maximum absolute atomic E-state index is 12.4. The summed E-state index contributed by atoms with van der Waals surface area (Å²) in [5.74, 6) is -0.00638. The summed E-state index contributed by atoms with van der Waals surface area (Å²) in [6.45, 7) is 8.42. The Balaban J connectivity index is 1.39. The third-order valence-electron chi connectivity index (χ3n) is 7.63. The number of ether oxygens (including phenoxy) is 1. The number of carbonyl (C=O) groups is 1. The number of esters is 1. The topological polar surface area (TPSA) is 53.0 Å². The molecule has 5 nitrogen and oxygen atoms in total. The second-order valence-corrected chi connectivity index (χ2v) is 9.24. The molecule has 5 heteroatoms. The maximum Gasteiger partial charge on any atom is 0.312 e. The van der Waals surface area contributed by atoms with Gasteiger partial charge >= 0.3 is 5.97 Å². The van der Waals surface area contributed by atoms with Crippen molar-refractivity contribution in [1.82, 2.24) is 9.80 Å². The van der Waals surface area contributed by atoms with Crippen LogP contribution in [0.1, 0.15) is 50.7 Å². The molecule has 2 fully saturated rings. The van der Waals surface area contributed by atoms with Crippen LogP contribution >= 0.6 is 0 Å². The maximum atomic E-state index is 12.4. The van der Waals surface area contributed by atoms with E-state index in [0.29, 0.717) is 0 Å². The number of aliphatic hydroxyl groups is 1. The molecule has 2 aromatic rings. The Morgan fingerprint density at radius 3 is 1.94 bits per heavy atom. The Kier molecular flexibility index (Phi) is 6.99. The van der Waals surface area contributed by atoms with Gasteiger partial charge in [0.15, 0.2) is 5.72 Å². The van der Waals surface area contributed by atoms with E-state index in [4.69, 9.17) is 4.74 Å². The van der Waals surface area contributed by atoms with Crippen LogP contribution in [0.5, 0.6) is 0 Å². The normalized spacial score (nSPS) is 22.1. The Bertz CT molecular complexity index is 835. The summed E-state index contributed by atoms with van der Waals surface area (Å²) < 4.78 is 5.73. The highest BCUT2D eigenvalue weighted by molar-refractivity contribution is 5.78. The Labute approximate surface area is 192 Å². The monoisotopic (exact) mass is 436 g/mol. The summed E-state index contributed by atoms with van der Waals surface area (Å²) >= 11 is 0. The van der Waals surface area contributed by atoms with Crippen LogP contribution in [-0.2, 0) is 15.3 Å². The van der Waals surface area contributed by atoms with Gasteiger partial charge in [-0.15, -0.1) is 0 Å².